The average molecular weight is 499 g/mol. The summed E-state index contributed by atoms with van der Waals surface area (Å²) in [4.78, 5) is 0. The SMILES string of the molecule is CCOc1cc(CNc2ccc(Cl)cc2Cl)c(Br)cc1OCc1ccc(F)cc1. The number of rotatable bonds is 8. The summed E-state index contributed by atoms with van der Waals surface area (Å²) in [6, 6.07) is 15.3. The second kappa shape index (κ2) is 10.2. The van der Waals surface area contributed by atoms with Gasteiger partial charge in [0.1, 0.15) is 12.4 Å². The Hall–Kier alpha value is -1.95. The zero-order chi connectivity index (χ0) is 20.8. The van der Waals surface area contributed by atoms with Crippen LogP contribution >= 0.6 is 39.1 Å². The summed E-state index contributed by atoms with van der Waals surface area (Å²) in [5, 5.41) is 4.44. The fourth-order valence-electron chi connectivity index (χ4n) is 2.66. The summed E-state index contributed by atoms with van der Waals surface area (Å²) in [5.74, 6) is 0.970. The molecule has 7 heteroatoms. The van der Waals surface area contributed by atoms with Crippen molar-refractivity contribution in [3.63, 3.8) is 0 Å². The van der Waals surface area contributed by atoms with Crippen molar-refractivity contribution in [1.82, 2.24) is 0 Å². The minimum atomic E-state index is -0.274. The lowest BCUT2D eigenvalue weighted by Gasteiger charge is -2.16. The normalized spacial score (nSPS) is 10.7. The molecular formula is C22H19BrCl2FNO2. The molecule has 1 N–H and O–H groups in total. The molecule has 0 aromatic heterocycles. The van der Waals surface area contributed by atoms with E-state index in [0.717, 1.165) is 21.3 Å². The summed E-state index contributed by atoms with van der Waals surface area (Å²) in [7, 11) is 0. The van der Waals surface area contributed by atoms with Crippen molar-refractivity contribution in [2.75, 3.05) is 11.9 Å². The molecule has 0 atom stereocenters. The zero-order valence-electron chi connectivity index (χ0n) is 15.6. The zero-order valence-corrected chi connectivity index (χ0v) is 18.7. The maximum absolute atomic E-state index is 13.1. The maximum Gasteiger partial charge on any atom is 0.162 e. The molecule has 0 aliphatic heterocycles. The summed E-state index contributed by atoms with van der Waals surface area (Å²) in [6.07, 6.45) is 0. The second-order valence-corrected chi connectivity index (χ2v) is 7.91. The fraction of sp³-hybridized carbons (Fsp3) is 0.182. The third kappa shape index (κ3) is 6.01. The number of hydrogen-bond acceptors (Lipinski definition) is 3. The number of ether oxygens (including phenoxy) is 2. The van der Waals surface area contributed by atoms with E-state index in [0.29, 0.717) is 41.3 Å². The van der Waals surface area contributed by atoms with Gasteiger partial charge in [0.15, 0.2) is 11.5 Å². The summed E-state index contributed by atoms with van der Waals surface area (Å²) in [5.41, 5.74) is 2.64. The van der Waals surface area contributed by atoms with Gasteiger partial charge in [-0.3, -0.25) is 0 Å². The molecule has 152 valence electrons. The van der Waals surface area contributed by atoms with Crippen molar-refractivity contribution < 1.29 is 13.9 Å². The van der Waals surface area contributed by atoms with Gasteiger partial charge in [0, 0.05) is 16.0 Å². The predicted octanol–water partition coefficient (Wildman–Crippen LogP) is 7.48. The fourth-order valence-corrected chi connectivity index (χ4v) is 3.60. The Bertz CT molecular complexity index is 983. The van der Waals surface area contributed by atoms with Gasteiger partial charge in [0.25, 0.3) is 0 Å². The first-order valence-corrected chi connectivity index (χ1v) is 10.5. The molecule has 0 heterocycles. The van der Waals surface area contributed by atoms with Crippen LogP contribution in [0.25, 0.3) is 0 Å². The number of benzene rings is 3. The van der Waals surface area contributed by atoms with E-state index in [9.17, 15) is 4.39 Å². The first-order chi connectivity index (χ1) is 14.0. The van der Waals surface area contributed by atoms with Crippen molar-refractivity contribution >= 4 is 44.8 Å². The van der Waals surface area contributed by atoms with Crippen LogP contribution in [0.15, 0.2) is 59.1 Å². The summed E-state index contributed by atoms with van der Waals surface area (Å²) >= 11 is 15.8. The molecule has 0 aliphatic rings. The molecule has 3 rings (SSSR count). The summed E-state index contributed by atoms with van der Waals surface area (Å²) < 4.78 is 25.6. The first-order valence-electron chi connectivity index (χ1n) is 8.97. The Balaban J connectivity index is 1.75. The lowest BCUT2D eigenvalue weighted by molar-refractivity contribution is 0.269. The smallest absolute Gasteiger partial charge is 0.162 e. The van der Waals surface area contributed by atoms with E-state index in [4.69, 9.17) is 32.7 Å². The Morgan fingerprint density at radius 1 is 0.966 bits per heavy atom. The van der Waals surface area contributed by atoms with E-state index in [-0.39, 0.29) is 5.82 Å². The van der Waals surface area contributed by atoms with Gasteiger partial charge < -0.3 is 14.8 Å². The molecule has 29 heavy (non-hydrogen) atoms. The predicted molar refractivity (Wildman–Crippen MR) is 120 cm³/mol. The number of hydrogen-bond donors (Lipinski definition) is 1. The second-order valence-electron chi connectivity index (χ2n) is 6.22. The molecule has 0 unspecified atom stereocenters. The third-order valence-electron chi connectivity index (χ3n) is 4.12. The number of nitrogens with one attached hydrogen (secondary N) is 1. The quantitative estimate of drug-likeness (QED) is 0.349. The largest absolute Gasteiger partial charge is 0.490 e. The van der Waals surface area contributed by atoms with E-state index in [1.54, 1.807) is 24.3 Å². The highest BCUT2D eigenvalue weighted by Crippen LogP contribution is 2.35. The van der Waals surface area contributed by atoms with E-state index in [2.05, 4.69) is 21.2 Å². The standard InChI is InChI=1S/C22H19BrCl2FNO2/c1-2-28-21-9-15(12-27-20-8-5-16(24)10-19(20)25)18(23)11-22(21)29-13-14-3-6-17(26)7-4-14/h3-11,27H,2,12-13H2,1H3. The van der Waals surface area contributed by atoms with Crippen LogP contribution in [-0.2, 0) is 13.2 Å². The van der Waals surface area contributed by atoms with Gasteiger partial charge in [-0.2, -0.15) is 0 Å². The van der Waals surface area contributed by atoms with Crippen molar-refractivity contribution in [3.05, 3.63) is 86.1 Å². The molecule has 3 aromatic rings. The van der Waals surface area contributed by atoms with Gasteiger partial charge in [-0.25, -0.2) is 4.39 Å². The highest BCUT2D eigenvalue weighted by molar-refractivity contribution is 9.10. The van der Waals surface area contributed by atoms with Gasteiger partial charge in [-0.05, 0) is 60.5 Å². The lowest BCUT2D eigenvalue weighted by Crippen LogP contribution is -2.04. The van der Waals surface area contributed by atoms with Gasteiger partial charge in [-0.1, -0.05) is 51.3 Å². The topological polar surface area (TPSA) is 30.5 Å². The van der Waals surface area contributed by atoms with Crippen LogP contribution in [0.5, 0.6) is 11.5 Å². The van der Waals surface area contributed by atoms with Crippen LogP contribution in [0.3, 0.4) is 0 Å². The molecule has 0 bridgehead atoms. The van der Waals surface area contributed by atoms with Crippen LogP contribution in [0, 0.1) is 5.82 Å². The van der Waals surface area contributed by atoms with Crippen LogP contribution in [0.2, 0.25) is 10.0 Å². The lowest BCUT2D eigenvalue weighted by atomic mass is 10.2. The molecule has 0 saturated heterocycles. The first kappa shape index (κ1) is 21.8. The molecular weight excluding hydrogens is 480 g/mol. The maximum atomic E-state index is 13.1. The van der Waals surface area contributed by atoms with E-state index >= 15 is 0 Å². The minimum absolute atomic E-state index is 0.274. The highest BCUT2D eigenvalue weighted by Gasteiger charge is 2.12. The van der Waals surface area contributed by atoms with E-state index in [1.807, 2.05) is 25.1 Å². The monoisotopic (exact) mass is 497 g/mol. The Kier molecular flexibility index (Phi) is 7.64. The van der Waals surface area contributed by atoms with Crippen molar-refractivity contribution in [1.29, 1.82) is 0 Å². The summed E-state index contributed by atoms with van der Waals surface area (Å²) in [6.45, 7) is 3.26. The highest BCUT2D eigenvalue weighted by atomic mass is 79.9. The van der Waals surface area contributed by atoms with Gasteiger partial charge in [0.2, 0.25) is 0 Å². The van der Waals surface area contributed by atoms with Gasteiger partial charge >= 0.3 is 0 Å². The molecule has 0 amide bonds. The van der Waals surface area contributed by atoms with Gasteiger partial charge in [0.05, 0.1) is 17.3 Å². The van der Waals surface area contributed by atoms with E-state index < -0.39 is 0 Å². The number of anilines is 1. The van der Waals surface area contributed by atoms with Crippen LogP contribution in [0.1, 0.15) is 18.1 Å². The molecule has 0 spiro atoms. The molecule has 3 aromatic carbocycles. The molecule has 0 aliphatic carbocycles. The van der Waals surface area contributed by atoms with Crippen LogP contribution in [0.4, 0.5) is 10.1 Å². The molecule has 0 radical (unpaired) electrons. The Labute approximate surface area is 187 Å². The van der Waals surface area contributed by atoms with Crippen LogP contribution < -0.4 is 14.8 Å². The average Bonchev–Trinajstić information content (AvgIpc) is 2.69. The van der Waals surface area contributed by atoms with Crippen molar-refractivity contribution in [2.45, 2.75) is 20.1 Å². The minimum Gasteiger partial charge on any atom is -0.490 e. The Morgan fingerprint density at radius 2 is 1.69 bits per heavy atom. The van der Waals surface area contributed by atoms with Crippen molar-refractivity contribution in [3.8, 4) is 11.5 Å². The molecule has 0 saturated carbocycles. The van der Waals surface area contributed by atoms with E-state index in [1.165, 1.54) is 12.1 Å². The van der Waals surface area contributed by atoms with Crippen LogP contribution in [-0.4, -0.2) is 6.61 Å². The van der Waals surface area contributed by atoms with Crippen molar-refractivity contribution in [2.24, 2.45) is 0 Å². The molecule has 0 fully saturated rings. The van der Waals surface area contributed by atoms with Gasteiger partial charge in [-0.15, -0.1) is 0 Å². The molecule has 3 nitrogen and oxygen atoms in total. The number of halogens is 4. The Morgan fingerprint density at radius 3 is 2.38 bits per heavy atom. The third-order valence-corrected chi connectivity index (χ3v) is 5.41.